The summed E-state index contributed by atoms with van der Waals surface area (Å²) < 4.78 is 13.0. The molecule has 1 heterocycles. The van der Waals surface area contributed by atoms with Crippen molar-refractivity contribution in [3.8, 4) is 0 Å². The molecule has 0 fully saturated rings. The fraction of sp³-hybridized carbons (Fsp3) is 0.0769. The van der Waals surface area contributed by atoms with Crippen molar-refractivity contribution in [1.29, 1.82) is 0 Å². The van der Waals surface area contributed by atoms with Crippen molar-refractivity contribution >= 4 is 29.3 Å². The number of benzene rings is 1. The van der Waals surface area contributed by atoms with Gasteiger partial charge in [-0.2, -0.15) is 0 Å². The molecule has 2 aromatic rings. The number of halogens is 2. The maximum Gasteiger partial charge on any atom is 0.338 e. The number of nitrogens with zero attached hydrogens (tertiary/aromatic N) is 1. The molecule has 1 aromatic carbocycles. The van der Waals surface area contributed by atoms with Crippen LogP contribution in [0, 0.1) is 5.82 Å². The maximum atomic E-state index is 13.0. The van der Waals surface area contributed by atoms with Gasteiger partial charge >= 0.3 is 5.97 Å². The van der Waals surface area contributed by atoms with Gasteiger partial charge in [0.15, 0.2) is 0 Å². The average Bonchev–Trinajstić information content (AvgIpc) is 2.38. The van der Waals surface area contributed by atoms with Gasteiger partial charge in [0.25, 0.3) is 0 Å². The van der Waals surface area contributed by atoms with E-state index in [2.05, 4.69) is 4.98 Å². The average molecular weight is 298 g/mol. The molecular formula is C13H9ClFNO2S. The van der Waals surface area contributed by atoms with Crippen LogP contribution in [0.2, 0.25) is 5.02 Å². The number of aromatic carboxylic acids is 1. The maximum absolute atomic E-state index is 13.0. The summed E-state index contributed by atoms with van der Waals surface area (Å²) in [4.78, 5) is 14.8. The molecule has 1 N–H and O–H groups in total. The first-order valence-corrected chi connectivity index (χ1v) is 6.69. The molecule has 0 saturated carbocycles. The van der Waals surface area contributed by atoms with Crippen molar-refractivity contribution in [3.63, 3.8) is 0 Å². The number of thioether (sulfide) groups is 1. The predicted molar refractivity (Wildman–Crippen MR) is 72.2 cm³/mol. The van der Waals surface area contributed by atoms with Gasteiger partial charge in [0.2, 0.25) is 0 Å². The van der Waals surface area contributed by atoms with Crippen LogP contribution >= 0.6 is 23.4 Å². The first-order valence-electron chi connectivity index (χ1n) is 5.33. The minimum atomic E-state index is -1.20. The smallest absolute Gasteiger partial charge is 0.338 e. The van der Waals surface area contributed by atoms with Crippen LogP contribution in [-0.4, -0.2) is 16.1 Å². The molecule has 0 bridgehead atoms. The largest absolute Gasteiger partial charge is 0.478 e. The van der Waals surface area contributed by atoms with Crippen LogP contribution in [0.4, 0.5) is 4.39 Å². The summed E-state index contributed by atoms with van der Waals surface area (Å²) in [6.45, 7) is 0. The van der Waals surface area contributed by atoms with Gasteiger partial charge < -0.3 is 5.11 Å². The molecule has 0 amide bonds. The summed E-state index contributed by atoms with van der Waals surface area (Å²) in [5, 5.41) is 9.87. The lowest BCUT2D eigenvalue weighted by Crippen LogP contribution is -2.02. The lowest BCUT2D eigenvalue weighted by Gasteiger charge is -2.06. The van der Waals surface area contributed by atoms with Crippen LogP contribution in [0.3, 0.4) is 0 Å². The summed E-state index contributed by atoms with van der Waals surface area (Å²) in [6, 6.07) is 8.23. The van der Waals surface area contributed by atoms with E-state index in [1.54, 1.807) is 6.07 Å². The zero-order valence-corrected chi connectivity index (χ0v) is 11.2. The van der Waals surface area contributed by atoms with Crippen molar-refractivity contribution in [2.75, 3.05) is 0 Å². The number of carbonyl (C=O) groups is 1. The third kappa shape index (κ3) is 3.45. The first kappa shape index (κ1) is 13.8. The highest BCUT2D eigenvalue weighted by molar-refractivity contribution is 7.98. The molecule has 98 valence electrons. The highest BCUT2D eigenvalue weighted by atomic mass is 35.5. The zero-order chi connectivity index (χ0) is 13.8. The van der Waals surface area contributed by atoms with Crippen LogP contribution in [0.5, 0.6) is 0 Å². The van der Waals surface area contributed by atoms with Gasteiger partial charge in [0, 0.05) is 10.8 Å². The fourth-order valence-electron chi connectivity index (χ4n) is 1.46. The Balaban J connectivity index is 2.20. The molecule has 1 aromatic heterocycles. The molecule has 0 spiro atoms. The van der Waals surface area contributed by atoms with Gasteiger partial charge in [-0.3, -0.25) is 0 Å². The molecule has 0 aliphatic rings. The summed E-state index contributed by atoms with van der Waals surface area (Å²) >= 11 is 7.22. The van der Waals surface area contributed by atoms with E-state index in [1.807, 2.05) is 18.2 Å². The molecule has 2 rings (SSSR count). The number of pyridine rings is 1. The number of hydrogen-bond donors (Lipinski definition) is 1. The number of hydrogen-bond acceptors (Lipinski definition) is 3. The molecule has 6 heteroatoms. The van der Waals surface area contributed by atoms with Gasteiger partial charge in [0.05, 0.1) is 11.8 Å². The van der Waals surface area contributed by atoms with Crippen LogP contribution in [0.25, 0.3) is 0 Å². The summed E-state index contributed by atoms with van der Waals surface area (Å²) in [5.41, 5.74) is 0.730. The van der Waals surface area contributed by atoms with E-state index < -0.39 is 11.8 Å². The Bertz CT molecular complexity index is 621. The Morgan fingerprint density at radius 1 is 1.42 bits per heavy atom. The highest BCUT2D eigenvalue weighted by Gasteiger charge is 2.13. The van der Waals surface area contributed by atoms with E-state index in [9.17, 15) is 9.18 Å². The van der Waals surface area contributed by atoms with Gasteiger partial charge in [-0.15, -0.1) is 11.8 Å². The zero-order valence-electron chi connectivity index (χ0n) is 9.64. The molecule has 0 aliphatic heterocycles. The van der Waals surface area contributed by atoms with Gasteiger partial charge in [-0.1, -0.05) is 29.8 Å². The van der Waals surface area contributed by atoms with E-state index in [0.29, 0.717) is 10.8 Å². The Hall–Kier alpha value is -1.59. The van der Waals surface area contributed by atoms with E-state index in [-0.39, 0.29) is 10.6 Å². The molecular weight excluding hydrogens is 289 g/mol. The van der Waals surface area contributed by atoms with Crippen LogP contribution < -0.4 is 0 Å². The lowest BCUT2D eigenvalue weighted by atomic mass is 10.2. The monoisotopic (exact) mass is 297 g/mol. The molecule has 0 radical (unpaired) electrons. The van der Waals surface area contributed by atoms with Gasteiger partial charge in [-0.05, 0) is 17.7 Å². The van der Waals surface area contributed by atoms with E-state index in [0.717, 1.165) is 17.8 Å². The number of carboxylic acids is 1. The standard InChI is InChI=1S/C13H9ClFNO2S/c14-11-4-2-1-3-8(11)7-19-12-10(13(17)18)5-9(15)6-16-12/h1-6H,7H2,(H,17,18). The van der Waals surface area contributed by atoms with Crippen molar-refractivity contribution in [3.05, 3.63) is 58.5 Å². The van der Waals surface area contributed by atoms with Crippen LogP contribution in [-0.2, 0) is 5.75 Å². The fourth-order valence-corrected chi connectivity index (χ4v) is 2.71. The Labute approximate surface area is 118 Å². The van der Waals surface area contributed by atoms with Crippen molar-refractivity contribution in [2.45, 2.75) is 10.8 Å². The van der Waals surface area contributed by atoms with Crippen LogP contribution in [0.1, 0.15) is 15.9 Å². The van der Waals surface area contributed by atoms with E-state index in [4.69, 9.17) is 16.7 Å². The summed E-state index contributed by atoms with van der Waals surface area (Å²) in [7, 11) is 0. The second-order valence-electron chi connectivity index (χ2n) is 3.69. The number of carboxylic acid groups (broad SMARTS) is 1. The normalized spacial score (nSPS) is 10.4. The third-order valence-corrected chi connectivity index (χ3v) is 3.79. The van der Waals surface area contributed by atoms with E-state index >= 15 is 0 Å². The van der Waals surface area contributed by atoms with Gasteiger partial charge in [0.1, 0.15) is 10.8 Å². The molecule has 0 unspecified atom stereocenters. The Kier molecular flexibility index (Phi) is 4.39. The van der Waals surface area contributed by atoms with Crippen molar-refractivity contribution < 1.29 is 14.3 Å². The lowest BCUT2D eigenvalue weighted by molar-refractivity contribution is 0.0691. The molecule has 19 heavy (non-hydrogen) atoms. The molecule has 0 aliphatic carbocycles. The minimum Gasteiger partial charge on any atom is -0.478 e. The molecule has 0 atom stereocenters. The SMILES string of the molecule is O=C(O)c1cc(F)cnc1SCc1ccccc1Cl. The molecule has 3 nitrogen and oxygen atoms in total. The number of rotatable bonds is 4. The third-order valence-electron chi connectivity index (χ3n) is 2.37. The van der Waals surface area contributed by atoms with Crippen LogP contribution in [0.15, 0.2) is 41.6 Å². The quantitative estimate of drug-likeness (QED) is 0.871. The second-order valence-corrected chi connectivity index (χ2v) is 5.06. The number of aromatic nitrogens is 1. The summed E-state index contributed by atoms with van der Waals surface area (Å²) in [6.07, 6.45) is 1.00. The topological polar surface area (TPSA) is 50.2 Å². The van der Waals surface area contributed by atoms with E-state index in [1.165, 1.54) is 11.8 Å². The first-order chi connectivity index (χ1) is 9.08. The Morgan fingerprint density at radius 2 is 2.16 bits per heavy atom. The summed E-state index contributed by atoms with van der Waals surface area (Å²) in [5.74, 6) is -1.40. The highest BCUT2D eigenvalue weighted by Crippen LogP contribution is 2.27. The van der Waals surface area contributed by atoms with Gasteiger partial charge in [-0.25, -0.2) is 14.2 Å². The predicted octanol–water partition coefficient (Wildman–Crippen LogP) is 3.86. The van der Waals surface area contributed by atoms with Crippen molar-refractivity contribution in [1.82, 2.24) is 4.98 Å². The van der Waals surface area contributed by atoms with Crippen molar-refractivity contribution in [2.24, 2.45) is 0 Å². The Morgan fingerprint density at radius 3 is 2.84 bits per heavy atom. The second kappa shape index (κ2) is 6.04. The molecule has 0 saturated heterocycles. The minimum absolute atomic E-state index is 0.142.